The molecule has 1 aliphatic carbocycles. The Bertz CT molecular complexity index is 1030. The molecule has 1 saturated heterocycles. The minimum absolute atomic E-state index is 0.0721. The van der Waals surface area contributed by atoms with Gasteiger partial charge in [0.1, 0.15) is 22.9 Å². The van der Waals surface area contributed by atoms with Crippen LogP contribution in [-0.2, 0) is 20.7 Å². The molecule has 4 rings (SSSR count). The van der Waals surface area contributed by atoms with E-state index in [4.69, 9.17) is 21.1 Å². The van der Waals surface area contributed by atoms with Gasteiger partial charge in [0.2, 0.25) is 0 Å². The lowest BCUT2D eigenvalue weighted by molar-refractivity contribution is -0.190. The van der Waals surface area contributed by atoms with Crippen molar-refractivity contribution in [2.24, 2.45) is 0 Å². The van der Waals surface area contributed by atoms with E-state index in [-0.39, 0.29) is 11.6 Å². The standard InChI is InChI=1S/C26H29ClO4/c1-5-16-14-17(20-15-18(27)9-11-21(20)30-4)8-10-19(16)22-23(28)25(2,3)31-26(24(22)29)12-6-7-13-26/h8-11,14-15,22H,5-7,12-13H2,1-4H3. The van der Waals surface area contributed by atoms with Crippen molar-refractivity contribution in [2.75, 3.05) is 7.11 Å². The lowest BCUT2D eigenvalue weighted by Gasteiger charge is -2.44. The van der Waals surface area contributed by atoms with Gasteiger partial charge in [0.05, 0.1) is 7.11 Å². The maximum atomic E-state index is 13.6. The van der Waals surface area contributed by atoms with Crippen LogP contribution in [0.25, 0.3) is 11.1 Å². The monoisotopic (exact) mass is 440 g/mol. The predicted octanol–water partition coefficient (Wildman–Crippen LogP) is 5.92. The second-order valence-corrected chi connectivity index (χ2v) is 9.52. The average molecular weight is 441 g/mol. The van der Waals surface area contributed by atoms with Gasteiger partial charge in [0.25, 0.3) is 0 Å². The first kappa shape index (κ1) is 22.0. The van der Waals surface area contributed by atoms with E-state index in [1.54, 1.807) is 27.0 Å². The molecule has 0 aromatic heterocycles. The second-order valence-electron chi connectivity index (χ2n) is 9.09. The molecule has 2 aromatic rings. The van der Waals surface area contributed by atoms with Gasteiger partial charge in [-0.3, -0.25) is 9.59 Å². The number of halogens is 1. The fraction of sp³-hybridized carbons (Fsp3) is 0.462. The van der Waals surface area contributed by atoms with Crippen molar-refractivity contribution < 1.29 is 19.1 Å². The molecule has 31 heavy (non-hydrogen) atoms. The molecular formula is C26H29ClO4. The quantitative estimate of drug-likeness (QED) is 0.553. The Labute approximate surface area is 188 Å². The van der Waals surface area contributed by atoms with Crippen molar-refractivity contribution >= 4 is 23.2 Å². The summed E-state index contributed by atoms with van der Waals surface area (Å²) < 4.78 is 11.7. The third-order valence-electron chi connectivity index (χ3n) is 6.74. The number of hydrogen-bond donors (Lipinski definition) is 0. The third kappa shape index (κ3) is 3.70. The maximum absolute atomic E-state index is 13.6. The van der Waals surface area contributed by atoms with Crippen molar-refractivity contribution in [2.45, 2.75) is 70.0 Å². The summed E-state index contributed by atoms with van der Waals surface area (Å²) in [4.78, 5) is 27.0. The number of Topliss-reactive ketones (excluding diaryl/α,β-unsaturated/α-hetero) is 2. The van der Waals surface area contributed by atoms with Crippen LogP contribution in [0, 0.1) is 0 Å². The van der Waals surface area contributed by atoms with Crippen molar-refractivity contribution in [1.29, 1.82) is 0 Å². The molecule has 1 heterocycles. The molecule has 0 radical (unpaired) electrons. The van der Waals surface area contributed by atoms with Crippen LogP contribution >= 0.6 is 11.6 Å². The first-order chi connectivity index (χ1) is 14.7. The number of carbonyl (C=O) groups excluding carboxylic acids is 2. The number of carbonyl (C=O) groups is 2. The number of hydrogen-bond acceptors (Lipinski definition) is 4. The molecule has 1 saturated carbocycles. The zero-order chi connectivity index (χ0) is 22.4. The van der Waals surface area contributed by atoms with E-state index in [9.17, 15) is 9.59 Å². The maximum Gasteiger partial charge on any atom is 0.179 e. The molecule has 2 aliphatic rings. The fourth-order valence-electron chi connectivity index (χ4n) is 5.16. The normalized spacial score (nSPS) is 22.2. The summed E-state index contributed by atoms with van der Waals surface area (Å²) in [6.45, 7) is 5.64. The minimum atomic E-state index is -0.983. The second kappa shape index (κ2) is 8.07. The number of benzene rings is 2. The smallest absolute Gasteiger partial charge is 0.179 e. The molecule has 4 nitrogen and oxygen atoms in total. The van der Waals surface area contributed by atoms with Gasteiger partial charge in [-0.05, 0) is 80.8 Å². The summed E-state index contributed by atoms with van der Waals surface area (Å²) in [6, 6.07) is 11.4. The highest BCUT2D eigenvalue weighted by Gasteiger charge is 2.58. The van der Waals surface area contributed by atoms with Gasteiger partial charge in [0, 0.05) is 10.6 Å². The zero-order valence-corrected chi connectivity index (χ0v) is 19.3. The Kier molecular flexibility index (Phi) is 5.74. The van der Waals surface area contributed by atoms with Crippen LogP contribution in [0.3, 0.4) is 0 Å². The number of rotatable bonds is 4. The predicted molar refractivity (Wildman–Crippen MR) is 122 cm³/mol. The molecule has 1 spiro atoms. The van der Waals surface area contributed by atoms with E-state index < -0.39 is 17.1 Å². The molecular weight excluding hydrogens is 412 g/mol. The Morgan fingerprint density at radius 1 is 1.06 bits per heavy atom. The van der Waals surface area contributed by atoms with E-state index in [0.29, 0.717) is 24.3 Å². The first-order valence-corrected chi connectivity index (χ1v) is 11.4. The lowest BCUT2D eigenvalue weighted by Crippen LogP contribution is -2.59. The van der Waals surface area contributed by atoms with Gasteiger partial charge >= 0.3 is 0 Å². The van der Waals surface area contributed by atoms with Crippen LogP contribution in [0.5, 0.6) is 5.75 Å². The van der Waals surface area contributed by atoms with Crippen molar-refractivity contribution in [3.63, 3.8) is 0 Å². The van der Waals surface area contributed by atoms with Gasteiger partial charge in [-0.1, -0.05) is 36.7 Å². The zero-order valence-electron chi connectivity index (χ0n) is 18.6. The number of aryl methyl sites for hydroxylation is 1. The highest BCUT2D eigenvalue weighted by molar-refractivity contribution is 6.31. The van der Waals surface area contributed by atoms with Gasteiger partial charge in [0.15, 0.2) is 11.6 Å². The highest BCUT2D eigenvalue weighted by Crippen LogP contribution is 2.47. The van der Waals surface area contributed by atoms with E-state index in [0.717, 1.165) is 40.8 Å². The van der Waals surface area contributed by atoms with Crippen LogP contribution < -0.4 is 4.74 Å². The molecule has 164 valence electrons. The Hall–Kier alpha value is -2.17. The number of ether oxygens (including phenoxy) is 2. The molecule has 1 unspecified atom stereocenters. The molecule has 0 N–H and O–H groups in total. The summed E-state index contributed by atoms with van der Waals surface area (Å²) in [6.07, 6.45) is 4.00. The van der Waals surface area contributed by atoms with Gasteiger partial charge in [-0.2, -0.15) is 0 Å². The summed E-state index contributed by atoms with van der Waals surface area (Å²) >= 11 is 6.23. The molecule has 1 aliphatic heterocycles. The summed E-state index contributed by atoms with van der Waals surface area (Å²) in [7, 11) is 1.63. The lowest BCUT2D eigenvalue weighted by atomic mass is 9.72. The van der Waals surface area contributed by atoms with Crippen molar-refractivity contribution in [1.82, 2.24) is 0 Å². The summed E-state index contributed by atoms with van der Waals surface area (Å²) in [5, 5.41) is 0.623. The van der Waals surface area contributed by atoms with E-state index >= 15 is 0 Å². The fourth-order valence-corrected chi connectivity index (χ4v) is 5.33. The molecule has 2 fully saturated rings. The molecule has 5 heteroatoms. The van der Waals surface area contributed by atoms with Crippen molar-refractivity contribution in [3.05, 3.63) is 52.5 Å². The minimum Gasteiger partial charge on any atom is -0.496 e. The first-order valence-electron chi connectivity index (χ1n) is 11.0. The number of ketones is 2. The Balaban J connectivity index is 1.82. The van der Waals surface area contributed by atoms with E-state index in [2.05, 4.69) is 0 Å². The van der Waals surface area contributed by atoms with E-state index in [1.165, 1.54) is 0 Å². The van der Waals surface area contributed by atoms with Crippen LogP contribution in [0.4, 0.5) is 0 Å². The van der Waals surface area contributed by atoms with Gasteiger partial charge < -0.3 is 9.47 Å². The van der Waals surface area contributed by atoms with Crippen LogP contribution in [0.1, 0.15) is 63.5 Å². The van der Waals surface area contributed by atoms with Crippen LogP contribution in [-0.4, -0.2) is 29.9 Å². The largest absolute Gasteiger partial charge is 0.496 e. The Morgan fingerprint density at radius 2 is 1.77 bits per heavy atom. The molecule has 0 amide bonds. The topological polar surface area (TPSA) is 52.6 Å². The Morgan fingerprint density at radius 3 is 2.42 bits per heavy atom. The van der Waals surface area contributed by atoms with E-state index in [1.807, 2.05) is 37.3 Å². The molecule has 0 bridgehead atoms. The van der Waals surface area contributed by atoms with Crippen LogP contribution in [0.2, 0.25) is 5.02 Å². The third-order valence-corrected chi connectivity index (χ3v) is 6.97. The number of methoxy groups -OCH3 is 1. The SMILES string of the molecule is CCc1cc(-c2cc(Cl)ccc2OC)ccc1C1C(=O)C(C)(C)OC2(CCCC2)C1=O. The molecule has 1 atom stereocenters. The summed E-state index contributed by atoms with van der Waals surface area (Å²) in [5.74, 6) is -0.287. The van der Waals surface area contributed by atoms with Gasteiger partial charge in [-0.25, -0.2) is 0 Å². The summed E-state index contributed by atoms with van der Waals surface area (Å²) in [5.41, 5.74) is 1.79. The highest BCUT2D eigenvalue weighted by atomic mass is 35.5. The van der Waals surface area contributed by atoms with Gasteiger partial charge in [-0.15, -0.1) is 0 Å². The molecule has 2 aromatic carbocycles. The van der Waals surface area contributed by atoms with Crippen molar-refractivity contribution in [3.8, 4) is 16.9 Å². The average Bonchev–Trinajstić information content (AvgIpc) is 3.21. The van der Waals surface area contributed by atoms with Crippen LogP contribution in [0.15, 0.2) is 36.4 Å².